The van der Waals surface area contributed by atoms with Crippen LogP contribution in [0.4, 0.5) is 10.1 Å². The SMILES string of the molecule is NC(CCCCNc1ccc(Cl)cc1F)=NO. The fourth-order valence-corrected chi connectivity index (χ4v) is 1.50. The second-order valence-corrected chi connectivity index (χ2v) is 4.04. The van der Waals surface area contributed by atoms with Crippen molar-refractivity contribution in [1.29, 1.82) is 0 Å². The molecule has 0 aromatic heterocycles. The number of anilines is 1. The second kappa shape index (κ2) is 6.96. The monoisotopic (exact) mass is 259 g/mol. The predicted octanol–water partition coefficient (Wildman–Crippen LogP) is 2.81. The number of nitrogens with zero attached hydrogens (tertiary/aromatic N) is 1. The molecule has 0 saturated heterocycles. The lowest BCUT2D eigenvalue weighted by atomic mass is 10.2. The average molecular weight is 260 g/mol. The van der Waals surface area contributed by atoms with E-state index in [4.69, 9.17) is 22.5 Å². The molecule has 1 aromatic carbocycles. The molecule has 17 heavy (non-hydrogen) atoms. The molecule has 4 nitrogen and oxygen atoms in total. The summed E-state index contributed by atoms with van der Waals surface area (Å²) in [5.74, 6) is -0.156. The van der Waals surface area contributed by atoms with Crippen molar-refractivity contribution in [3.63, 3.8) is 0 Å². The summed E-state index contributed by atoms with van der Waals surface area (Å²) in [6, 6.07) is 4.49. The van der Waals surface area contributed by atoms with E-state index >= 15 is 0 Å². The number of nitrogens with two attached hydrogens (primary N) is 1. The van der Waals surface area contributed by atoms with E-state index in [9.17, 15) is 4.39 Å². The Morgan fingerprint density at radius 3 is 2.88 bits per heavy atom. The Morgan fingerprint density at radius 1 is 1.47 bits per heavy atom. The van der Waals surface area contributed by atoms with Crippen molar-refractivity contribution in [2.75, 3.05) is 11.9 Å². The third-order valence-electron chi connectivity index (χ3n) is 2.23. The Morgan fingerprint density at radius 2 is 2.24 bits per heavy atom. The summed E-state index contributed by atoms with van der Waals surface area (Å²) in [6.45, 7) is 0.622. The Bertz CT molecular complexity index is 398. The number of nitrogens with one attached hydrogen (secondary N) is 1. The Kier molecular flexibility index (Phi) is 5.56. The molecular weight excluding hydrogens is 245 g/mol. The van der Waals surface area contributed by atoms with Gasteiger partial charge in [0.1, 0.15) is 11.7 Å². The molecule has 0 spiro atoms. The maximum atomic E-state index is 13.3. The van der Waals surface area contributed by atoms with Crippen molar-refractivity contribution >= 4 is 23.1 Å². The smallest absolute Gasteiger partial charge is 0.147 e. The van der Waals surface area contributed by atoms with E-state index in [0.717, 1.165) is 12.8 Å². The van der Waals surface area contributed by atoms with Gasteiger partial charge in [0.05, 0.1) is 5.69 Å². The molecule has 0 saturated carbocycles. The van der Waals surface area contributed by atoms with Crippen LogP contribution in [0.1, 0.15) is 19.3 Å². The standard InChI is InChI=1S/C11H15ClFN3O/c12-8-4-5-10(9(13)7-8)15-6-2-1-3-11(14)16-17/h4-5,7,15,17H,1-3,6H2,(H2,14,16). The average Bonchev–Trinajstić information content (AvgIpc) is 2.30. The van der Waals surface area contributed by atoms with Crippen molar-refractivity contribution in [3.05, 3.63) is 29.0 Å². The van der Waals surface area contributed by atoms with Gasteiger partial charge in [-0.25, -0.2) is 4.39 Å². The third kappa shape index (κ3) is 4.91. The van der Waals surface area contributed by atoms with Crippen LogP contribution < -0.4 is 11.1 Å². The van der Waals surface area contributed by atoms with E-state index in [2.05, 4.69) is 10.5 Å². The maximum absolute atomic E-state index is 13.3. The third-order valence-corrected chi connectivity index (χ3v) is 2.47. The summed E-state index contributed by atoms with van der Waals surface area (Å²) in [5.41, 5.74) is 5.74. The molecule has 0 radical (unpaired) electrons. The topological polar surface area (TPSA) is 70.6 Å². The van der Waals surface area contributed by atoms with Crippen LogP contribution in [0.25, 0.3) is 0 Å². The zero-order valence-corrected chi connectivity index (χ0v) is 10.0. The van der Waals surface area contributed by atoms with E-state index in [1.54, 1.807) is 12.1 Å². The highest BCUT2D eigenvalue weighted by Crippen LogP contribution is 2.18. The number of benzene rings is 1. The van der Waals surface area contributed by atoms with Crippen LogP contribution in [-0.2, 0) is 0 Å². The fraction of sp³-hybridized carbons (Fsp3) is 0.364. The quantitative estimate of drug-likeness (QED) is 0.242. The molecular formula is C11H15ClFN3O. The molecule has 1 rings (SSSR count). The van der Waals surface area contributed by atoms with Gasteiger partial charge in [0.25, 0.3) is 0 Å². The second-order valence-electron chi connectivity index (χ2n) is 3.60. The summed E-state index contributed by atoms with van der Waals surface area (Å²) in [7, 11) is 0. The van der Waals surface area contributed by atoms with Gasteiger partial charge in [0, 0.05) is 18.0 Å². The molecule has 0 fully saturated rings. The number of halogens is 2. The molecule has 6 heteroatoms. The largest absolute Gasteiger partial charge is 0.409 e. The first-order chi connectivity index (χ1) is 8.13. The lowest BCUT2D eigenvalue weighted by Crippen LogP contribution is -2.12. The highest BCUT2D eigenvalue weighted by Gasteiger charge is 2.01. The van der Waals surface area contributed by atoms with Gasteiger partial charge in [-0.3, -0.25) is 0 Å². The van der Waals surface area contributed by atoms with Crippen LogP contribution in [0.3, 0.4) is 0 Å². The minimum absolute atomic E-state index is 0.211. The van der Waals surface area contributed by atoms with Crippen LogP contribution in [0.5, 0.6) is 0 Å². The summed E-state index contributed by atoms with van der Waals surface area (Å²) < 4.78 is 13.3. The number of hydrogen-bond acceptors (Lipinski definition) is 3. The zero-order valence-electron chi connectivity index (χ0n) is 9.29. The molecule has 0 atom stereocenters. The molecule has 0 amide bonds. The molecule has 0 aliphatic carbocycles. The molecule has 0 aliphatic rings. The van der Waals surface area contributed by atoms with E-state index in [-0.39, 0.29) is 11.7 Å². The number of amidine groups is 1. The van der Waals surface area contributed by atoms with Crippen molar-refractivity contribution in [3.8, 4) is 0 Å². The van der Waals surface area contributed by atoms with Gasteiger partial charge in [-0.1, -0.05) is 16.8 Å². The maximum Gasteiger partial charge on any atom is 0.147 e. The molecule has 0 heterocycles. The van der Waals surface area contributed by atoms with Crippen LogP contribution in [0.15, 0.2) is 23.4 Å². The minimum atomic E-state index is -0.367. The fourth-order valence-electron chi connectivity index (χ4n) is 1.34. The summed E-state index contributed by atoms with van der Waals surface area (Å²) in [6.07, 6.45) is 2.11. The first-order valence-corrected chi connectivity index (χ1v) is 5.66. The summed E-state index contributed by atoms with van der Waals surface area (Å²) in [5, 5.41) is 14.5. The van der Waals surface area contributed by atoms with Gasteiger partial charge in [-0.2, -0.15) is 0 Å². The zero-order chi connectivity index (χ0) is 12.7. The number of hydrogen-bond donors (Lipinski definition) is 3. The lowest BCUT2D eigenvalue weighted by molar-refractivity contribution is 0.316. The lowest BCUT2D eigenvalue weighted by Gasteiger charge is -2.07. The Hall–Kier alpha value is -1.49. The molecule has 0 bridgehead atoms. The number of rotatable bonds is 6. The van der Waals surface area contributed by atoms with E-state index < -0.39 is 0 Å². The Labute approximate surface area is 104 Å². The van der Waals surface area contributed by atoms with Gasteiger partial charge >= 0.3 is 0 Å². The van der Waals surface area contributed by atoms with Gasteiger partial charge in [-0.05, 0) is 31.0 Å². The van der Waals surface area contributed by atoms with Crippen molar-refractivity contribution < 1.29 is 9.60 Å². The molecule has 0 aliphatic heterocycles. The van der Waals surface area contributed by atoms with Crippen LogP contribution >= 0.6 is 11.6 Å². The van der Waals surface area contributed by atoms with Gasteiger partial charge in [-0.15, -0.1) is 0 Å². The molecule has 4 N–H and O–H groups in total. The van der Waals surface area contributed by atoms with Crippen molar-refractivity contribution in [1.82, 2.24) is 0 Å². The Balaban J connectivity index is 2.27. The van der Waals surface area contributed by atoms with Crippen molar-refractivity contribution in [2.24, 2.45) is 10.9 Å². The minimum Gasteiger partial charge on any atom is -0.409 e. The van der Waals surface area contributed by atoms with Crippen LogP contribution in [0, 0.1) is 5.82 Å². The van der Waals surface area contributed by atoms with Crippen LogP contribution in [0.2, 0.25) is 5.02 Å². The van der Waals surface area contributed by atoms with E-state index in [1.165, 1.54) is 6.07 Å². The van der Waals surface area contributed by atoms with E-state index in [1.807, 2.05) is 0 Å². The summed E-state index contributed by atoms with van der Waals surface area (Å²) in [4.78, 5) is 0. The molecule has 0 unspecified atom stereocenters. The number of oxime groups is 1. The summed E-state index contributed by atoms with van der Waals surface area (Å²) >= 11 is 5.63. The van der Waals surface area contributed by atoms with Gasteiger partial charge in [0.15, 0.2) is 0 Å². The number of unbranched alkanes of at least 4 members (excludes halogenated alkanes) is 1. The molecule has 1 aromatic rings. The van der Waals surface area contributed by atoms with Crippen molar-refractivity contribution in [2.45, 2.75) is 19.3 Å². The highest BCUT2D eigenvalue weighted by atomic mass is 35.5. The van der Waals surface area contributed by atoms with Gasteiger partial charge < -0.3 is 16.3 Å². The van der Waals surface area contributed by atoms with E-state index in [0.29, 0.717) is 23.7 Å². The first kappa shape index (κ1) is 13.6. The molecule has 94 valence electrons. The first-order valence-electron chi connectivity index (χ1n) is 5.29. The predicted molar refractivity (Wildman–Crippen MR) is 67.2 cm³/mol. The normalized spacial score (nSPS) is 11.5. The van der Waals surface area contributed by atoms with Crippen LogP contribution in [-0.4, -0.2) is 17.6 Å². The highest BCUT2D eigenvalue weighted by molar-refractivity contribution is 6.30. The van der Waals surface area contributed by atoms with Gasteiger partial charge in [0.2, 0.25) is 0 Å².